The van der Waals surface area contributed by atoms with Gasteiger partial charge in [-0.05, 0) is 53.4 Å². The Hall–Kier alpha value is -0.0300. The van der Waals surface area contributed by atoms with E-state index in [1.807, 2.05) is 0 Å². The second-order valence-electron chi connectivity index (χ2n) is 8.42. The van der Waals surface area contributed by atoms with Crippen molar-refractivity contribution in [3.63, 3.8) is 0 Å². The van der Waals surface area contributed by atoms with Crippen LogP contribution < -0.4 is 0 Å². The van der Waals surface area contributed by atoms with E-state index in [1.54, 1.807) is 27.7 Å². The lowest BCUT2D eigenvalue weighted by Gasteiger charge is -2.39. The van der Waals surface area contributed by atoms with Gasteiger partial charge < -0.3 is 0 Å². The maximum Gasteiger partial charge on any atom is 0.493 e. The molecule has 3 aliphatic heterocycles. The molecule has 3 heterocycles. The number of hydrogen-bond acceptors (Lipinski definition) is 7. The van der Waals surface area contributed by atoms with Crippen LogP contribution in [0.5, 0.6) is 0 Å². The van der Waals surface area contributed by atoms with Gasteiger partial charge in [0.15, 0.2) is 0 Å². The number of fused-ring (bicyclic) bond motifs is 14. The summed E-state index contributed by atoms with van der Waals surface area (Å²) in [5, 5.41) is 0. The van der Waals surface area contributed by atoms with Gasteiger partial charge in [-0.15, -0.1) is 0 Å². The van der Waals surface area contributed by atoms with Crippen molar-refractivity contribution in [3.8, 4) is 0 Å². The highest BCUT2D eigenvalue weighted by atomic mass is 31.3. The molecule has 3 saturated heterocycles. The normalized spacial score (nSPS) is 37.2. The van der Waals surface area contributed by atoms with Gasteiger partial charge in [-0.1, -0.05) is 25.7 Å². The third kappa shape index (κ3) is 7.18. The minimum absolute atomic E-state index is 0.314. The molecule has 0 aromatic heterocycles. The van der Waals surface area contributed by atoms with Gasteiger partial charge >= 0.3 is 15.6 Å². The summed E-state index contributed by atoms with van der Waals surface area (Å²) in [5.41, 5.74) is -1.49. The number of phosphoric acid groups is 2. The fourth-order valence-electron chi connectivity index (χ4n) is 3.24. The number of ketones is 1. The molecule has 0 aliphatic carbocycles. The molecule has 9 heteroatoms. The second-order valence-corrected chi connectivity index (χ2v) is 11.9. The molecular formula is C17H32O7P2. The monoisotopic (exact) mass is 410 g/mol. The van der Waals surface area contributed by atoms with E-state index in [2.05, 4.69) is 0 Å². The van der Waals surface area contributed by atoms with Gasteiger partial charge in [-0.25, -0.2) is 9.13 Å². The van der Waals surface area contributed by atoms with Crippen LogP contribution in [0.4, 0.5) is 0 Å². The van der Waals surface area contributed by atoms with Crippen molar-refractivity contribution in [2.24, 2.45) is 0 Å². The van der Waals surface area contributed by atoms with E-state index in [-0.39, 0.29) is 0 Å². The molecule has 3 rings (SSSR count). The van der Waals surface area contributed by atoms with Crippen LogP contribution in [0.15, 0.2) is 0 Å². The van der Waals surface area contributed by atoms with Gasteiger partial charge in [0.1, 0.15) is 5.78 Å². The molecule has 0 spiro atoms. The molecule has 0 atom stereocenters. The van der Waals surface area contributed by atoms with Gasteiger partial charge in [-0.2, -0.15) is 8.62 Å². The predicted octanol–water partition coefficient (Wildman–Crippen LogP) is 6.32. The fourth-order valence-corrected chi connectivity index (χ4v) is 7.17. The van der Waals surface area contributed by atoms with Crippen LogP contribution >= 0.6 is 15.6 Å². The SMILES string of the molecule is CC1(C)CCCCCC(=O)CCCCCC(C)(C)OP2(=O)OP(=O)(O1)O2. The molecule has 3 fully saturated rings. The molecule has 26 heavy (non-hydrogen) atoms. The average Bonchev–Trinajstić information content (AvgIpc) is 2.41. The van der Waals surface area contributed by atoms with Crippen LogP contribution in [0.3, 0.4) is 0 Å². The molecular weight excluding hydrogens is 378 g/mol. The lowest BCUT2D eigenvalue weighted by atomic mass is 9.98. The van der Waals surface area contributed by atoms with E-state index >= 15 is 0 Å². The summed E-state index contributed by atoms with van der Waals surface area (Å²) in [6.45, 7) is 7.15. The molecule has 2 bridgehead atoms. The molecule has 7 nitrogen and oxygen atoms in total. The Morgan fingerprint density at radius 3 is 1.46 bits per heavy atom. The van der Waals surface area contributed by atoms with Gasteiger partial charge in [0, 0.05) is 12.8 Å². The van der Waals surface area contributed by atoms with Crippen molar-refractivity contribution in [3.05, 3.63) is 0 Å². The zero-order valence-corrected chi connectivity index (χ0v) is 18.1. The summed E-state index contributed by atoms with van der Waals surface area (Å²) in [5.74, 6) is 0.314. The molecule has 0 aromatic carbocycles. The third-order valence-corrected chi connectivity index (χ3v) is 9.22. The summed E-state index contributed by atoms with van der Waals surface area (Å²) < 4.78 is 45.9. The Balaban J connectivity index is 2.00. The fraction of sp³-hybridized carbons (Fsp3) is 0.941. The number of carbonyl (C=O) groups is 1. The Morgan fingerprint density at radius 1 is 0.692 bits per heavy atom. The van der Waals surface area contributed by atoms with E-state index in [0.717, 1.165) is 38.5 Å². The topological polar surface area (TPSA) is 88.1 Å². The molecule has 0 amide bonds. The first kappa shape index (κ1) is 22.3. The van der Waals surface area contributed by atoms with Crippen LogP contribution in [-0.4, -0.2) is 17.0 Å². The summed E-state index contributed by atoms with van der Waals surface area (Å²) in [4.78, 5) is 11.9. The maximum atomic E-state index is 12.4. The van der Waals surface area contributed by atoms with E-state index < -0.39 is 26.8 Å². The first-order valence-corrected chi connectivity index (χ1v) is 12.4. The molecule has 152 valence electrons. The van der Waals surface area contributed by atoms with Crippen molar-refractivity contribution < 1.29 is 31.6 Å². The molecule has 0 saturated carbocycles. The molecule has 0 N–H and O–H groups in total. The van der Waals surface area contributed by atoms with Gasteiger partial charge in [0.25, 0.3) is 0 Å². The summed E-state index contributed by atoms with van der Waals surface area (Å²) in [6, 6.07) is 0. The Bertz CT molecular complexity index is 538. The largest absolute Gasteiger partial charge is 0.493 e. The zero-order valence-electron chi connectivity index (χ0n) is 16.3. The highest BCUT2D eigenvalue weighted by Gasteiger charge is 2.60. The van der Waals surface area contributed by atoms with Crippen molar-refractivity contribution in [2.45, 2.75) is 103 Å². The van der Waals surface area contributed by atoms with Crippen LogP contribution in [0.1, 0.15) is 91.9 Å². The maximum absolute atomic E-state index is 12.4. The summed E-state index contributed by atoms with van der Waals surface area (Å²) >= 11 is 0. The van der Waals surface area contributed by atoms with E-state index in [0.29, 0.717) is 31.5 Å². The average molecular weight is 410 g/mol. The number of rotatable bonds is 0. The Kier molecular flexibility index (Phi) is 7.32. The van der Waals surface area contributed by atoms with Crippen LogP contribution in [0.25, 0.3) is 0 Å². The van der Waals surface area contributed by atoms with Crippen LogP contribution in [-0.2, 0) is 31.6 Å². The summed E-state index contributed by atoms with van der Waals surface area (Å²) in [6.07, 6.45) is 7.69. The lowest BCUT2D eigenvalue weighted by molar-refractivity contribution is -0.119. The smallest absolute Gasteiger partial charge is 0.300 e. The minimum Gasteiger partial charge on any atom is -0.300 e. The van der Waals surface area contributed by atoms with Crippen molar-refractivity contribution in [1.82, 2.24) is 0 Å². The van der Waals surface area contributed by atoms with Crippen molar-refractivity contribution >= 4 is 21.4 Å². The summed E-state index contributed by atoms with van der Waals surface area (Å²) in [7, 11) is -7.70. The van der Waals surface area contributed by atoms with Gasteiger partial charge in [0.05, 0.1) is 11.2 Å². The van der Waals surface area contributed by atoms with E-state index in [4.69, 9.17) is 17.7 Å². The van der Waals surface area contributed by atoms with E-state index in [9.17, 15) is 13.9 Å². The Morgan fingerprint density at radius 2 is 1.08 bits per heavy atom. The quantitative estimate of drug-likeness (QED) is 0.432. The second kappa shape index (κ2) is 8.55. The number of hydrogen-bond donors (Lipinski definition) is 0. The molecule has 0 aromatic rings. The first-order valence-electron chi connectivity index (χ1n) is 9.49. The first-order chi connectivity index (χ1) is 11.9. The van der Waals surface area contributed by atoms with Gasteiger partial charge in [-0.3, -0.25) is 13.8 Å². The third-order valence-electron chi connectivity index (χ3n) is 4.59. The lowest BCUT2D eigenvalue weighted by Crippen LogP contribution is -2.29. The Labute approximate surface area is 156 Å². The highest BCUT2D eigenvalue weighted by molar-refractivity contribution is 7.75. The van der Waals surface area contributed by atoms with Gasteiger partial charge in [0.2, 0.25) is 0 Å². The molecule has 0 radical (unpaired) electrons. The van der Waals surface area contributed by atoms with Crippen LogP contribution in [0.2, 0.25) is 0 Å². The van der Waals surface area contributed by atoms with Crippen molar-refractivity contribution in [2.75, 3.05) is 0 Å². The highest BCUT2D eigenvalue weighted by Crippen LogP contribution is 2.84. The number of carbonyl (C=O) groups excluding carboxylic acids is 1. The zero-order chi connectivity index (χ0) is 19.5. The standard InChI is InChI=1S/C17H32O7P2/c1-16(2)13-9-5-7-11-15(18)12-8-6-10-14-17(3,4)22-26(20)23-25(19,21-16)24-26/h5-14H2,1-4H3. The molecule has 0 unspecified atom stereocenters. The minimum atomic E-state index is -3.85. The predicted molar refractivity (Wildman–Crippen MR) is 98.9 cm³/mol. The molecule has 3 aliphatic rings. The van der Waals surface area contributed by atoms with Crippen molar-refractivity contribution in [1.29, 1.82) is 0 Å². The number of Topliss-reactive ketones (excluding diaryl/α,β-unsaturated/α-hetero) is 1. The van der Waals surface area contributed by atoms with E-state index in [1.165, 1.54) is 0 Å². The van der Waals surface area contributed by atoms with Crippen LogP contribution in [0, 0.1) is 0 Å².